The van der Waals surface area contributed by atoms with Crippen LogP contribution in [0.25, 0.3) is 0 Å². The van der Waals surface area contributed by atoms with E-state index < -0.39 is 20.6 Å². The lowest BCUT2D eigenvalue weighted by molar-refractivity contribution is -0.387. The molecule has 2 aromatic rings. The number of hydrogen-bond acceptors (Lipinski definition) is 6. The Balaban J connectivity index is 1.75. The molecule has 0 saturated carbocycles. The minimum Gasteiger partial charge on any atom is -0.357 e. The van der Waals surface area contributed by atoms with Gasteiger partial charge in [0.1, 0.15) is 5.82 Å². The van der Waals surface area contributed by atoms with Crippen molar-refractivity contribution in [2.24, 2.45) is 0 Å². The Kier molecular flexibility index (Phi) is 5.48. The van der Waals surface area contributed by atoms with E-state index in [1.165, 1.54) is 30.7 Å². The van der Waals surface area contributed by atoms with Crippen molar-refractivity contribution >= 4 is 21.5 Å². The van der Waals surface area contributed by atoms with Crippen molar-refractivity contribution in [2.75, 3.05) is 18.0 Å². The molecule has 1 aromatic heterocycles. The number of para-hydroxylation sites is 1. The second-order valence-corrected chi connectivity index (χ2v) is 7.85. The molecule has 3 rings (SSSR count). The minimum absolute atomic E-state index is 0.0394. The number of benzene rings is 1. The van der Waals surface area contributed by atoms with Crippen LogP contribution in [0.15, 0.2) is 47.5 Å². The Morgan fingerprint density at radius 3 is 2.62 bits per heavy atom. The fraction of sp³-hybridized carbons (Fsp3) is 0.353. The highest BCUT2D eigenvalue weighted by molar-refractivity contribution is 7.89. The second-order valence-electron chi connectivity index (χ2n) is 6.12. The fourth-order valence-corrected chi connectivity index (χ4v) is 4.15. The average molecular weight is 376 g/mol. The standard InChI is InChI=1S/C17H20N4O4S/c22-21(23)15-6-2-3-7-16(15)26(24,25)19-13-14-8-9-18-17(12-14)20-10-4-1-5-11-20/h2-3,6-9,12,19H,1,4-5,10-11,13H2. The summed E-state index contributed by atoms with van der Waals surface area (Å²) in [4.78, 5) is 16.6. The van der Waals surface area contributed by atoms with E-state index in [4.69, 9.17) is 0 Å². The predicted molar refractivity (Wildman–Crippen MR) is 97.4 cm³/mol. The minimum atomic E-state index is -4.00. The van der Waals surface area contributed by atoms with Crippen LogP contribution in [-0.4, -0.2) is 31.4 Å². The van der Waals surface area contributed by atoms with Crippen molar-refractivity contribution in [3.63, 3.8) is 0 Å². The molecule has 1 aliphatic heterocycles. The molecule has 0 spiro atoms. The maximum Gasteiger partial charge on any atom is 0.289 e. The average Bonchev–Trinajstić information content (AvgIpc) is 2.67. The van der Waals surface area contributed by atoms with Gasteiger partial charge >= 0.3 is 0 Å². The van der Waals surface area contributed by atoms with Crippen molar-refractivity contribution in [1.82, 2.24) is 9.71 Å². The Hall–Kier alpha value is -2.52. The SMILES string of the molecule is O=[N+]([O-])c1ccccc1S(=O)(=O)NCc1ccnc(N2CCCCC2)c1. The second kappa shape index (κ2) is 7.79. The molecule has 8 nitrogen and oxygen atoms in total. The molecule has 0 unspecified atom stereocenters. The van der Waals surface area contributed by atoms with Gasteiger partial charge in [-0.1, -0.05) is 12.1 Å². The number of piperidine rings is 1. The Bertz CT molecular complexity index is 895. The zero-order valence-corrected chi connectivity index (χ0v) is 15.0. The molecular formula is C17H20N4O4S. The van der Waals surface area contributed by atoms with Gasteiger partial charge in [0.25, 0.3) is 5.69 Å². The van der Waals surface area contributed by atoms with Crippen LogP contribution in [0.1, 0.15) is 24.8 Å². The number of hydrogen-bond donors (Lipinski definition) is 1. The molecule has 0 radical (unpaired) electrons. The van der Waals surface area contributed by atoms with Gasteiger partial charge in [0, 0.05) is 31.9 Å². The van der Waals surface area contributed by atoms with Crippen molar-refractivity contribution < 1.29 is 13.3 Å². The third-order valence-electron chi connectivity index (χ3n) is 4.31. The van der Waals surface area contributed by atoms with Gasteiger partial charge in [0.15, 0.2) is 4.90 Å². The molecule has 0 aliphatic carbocycles. The van der Waals surface area contributed by atoms with E-state index in [1.54, 1.807) is 12.3 Å². The maximum atomic E-state index is 12.5. The first kappa shape index (κ1) is 18.3. The number of sulfonamides is 1. The summed E-state index contributed by atoms with van der Waals surface area (Å²) in [6.45, 7) is 1.93. The number of rotatable bonds is 6. The zero-order chi connectivity index (χ0) is 18.6. The number of anilines is 1. The topological polar surface area (TPSA) is 105 Å². The van der Waals surface area contributed by atoms with Crippen LogP contribution in [0.5, 0.6) is 0 Å². The quantitative estimate of drug-likeness (QED) is 0.613. The van der Waals surface area contributed by atoms with Gasteiger partial charge in [0.05, 0.1) is 4.92 Å². The Morgan fingerprint density at radius 1 is 1.15 bits per heavy atom. The van der Waals surface area contributed by atoms with Crippen LogP contribution in [0.3, 0.4) is 0 Å². The van der Waals surface area contributed by atoms with E-state index in [9.17, 15) is 18.5 Å². The van der Waals surface area contributed by atoms with Gasteiger partial charge in [-0.25, -0.2) is 18.1 Å². The first-order valence-electron chi connectivity index (χ1n) is 8.40. The third-order valence-corrected chi connectivity index (χ3v) is 5.76. The molecule has 1 aromatic carbocycles. The normalized spacial score (nSPS) is 15.0. The van der Waals surface area contributed by atoms with E-state index in [1.807, 2.05) is 6.07 Å². The molecule has 0 amide bonds. The lowest BCUT2D eigenvalue weighted by Crippen LogP contribution is -2.30. The van der Waals surface area contributed by atoms with E-state index in [-0.39, 0.29) is 11.4 Å². The summed E-state index contributed by atoms with van der Waals surface area (Å²) in [5.74, 6) is 0.826. The van der Waals surface area contributed by atoms with E-state index >= 15 is 0 Å². The highest BCUT2D eigenvalue weighted by Gasteiger charge is 2.24. The molecule has 1 N–H and O–H groups in total. The van der Waals surface area contributed by atoms with E-state index in [0.29, 0.717) is 0 Å². The van der Waals surface area contributed by atoms with Crippen molar-refractivity contribution in [3.8, 4) is 0 Å². The number of pyridine rings is 1. The van der Waals surface area contributed by atoms with Crippen molar-refractivity contribution in [2.45, 2.75) is 30.7 Å². The van der Waals surface area contributed by atoms with E-state index in [0.717, 1.165) is 37.3 Å². The van der Waals surface area contributed by atoms with Crippen LogP contribution < -0.4 is 9.62 Å². The van der Waals surface area contributed by atoms with Crippen LogP contribution >= 0.6 is 0 Å². The number of nitro benzene ring substituents is 1. The number of nitro groups is 1. The molecule has 0 bridgehead atoms. The molecule has 1 fully saturated rings. The van der Waals surface area contributed by atoms with Gasteiger partial charge in [-0.15, -0.1) is 0 Å². The van der Waals surface area contributed by atoms with Crippen LogP contribution in [0, 0.1) is 10.1 Å². The number of nitrogens with one attached hydrogen (secondary N) is 1. The number of nitrogens with zero attached hydrogens (tertiary/aromatic N) is 3. The van der Waals surface area contributed by atoms with Crippen LogP contribution in [0.4, 0.5) is 11.5 Å². The summed E-state index contributed by atoms with van der Waals surface area (Å²) in [5.41, 5.74) is 0.312. The molecule has 26 heavy (non-hydrogen) atoms. The summed E-state index contributed by atoms with van der Waals surface area (Å²) < 4.78 is 27.4. The van der Waals surface area contributed by atoms with Crippen molar-refractivity contribution in [3.05, 3.63) is 58.3 Å². The first-order valence-corrected chi connectivity index (χ1v) is 9.89. The maximum absolute atomic E-state index is 12.5. The summed E-state index contributed by atoms with van der Waals surface area (Å²) >= 11 is 0. The molecule has 1 aliphatic rings. The number of aromatic nitrogens is 1. The monoisotopic (exact) mass is 376 g/mol. The van der Waals surface area contributed by atoms with Crippen LogP contribution in [0.2, 0.25) is 0 Å². The van der Waals surface area contributed by atoms with Crippen molar-refractivity contribution in [1.29, 1.82) is 0 Å². The summed E-state index contributed by atoms with van der Waals surface area (Å²) in [6, 6.07) is 8.89. The largest absolute Gasteiger partial charge is 0.357 e. The lowest BCUT2D eigenvalue weighted by Gasteiger charge is -2.27. The first-order chi connectivity index (χ1) is 12.5. The van der Waals surface area contributed by atoms with Gasteiger partial charge in [0.2, 0.25) is 10.0 Å². The summed E-state index contributed by atoms with van der Waals surface area (Å²) in [6.07, 6.45) is 5.11. The van der Waals surface area contributed by atoms with Gasteiger partial charge < -0.3 is 4.90 Å². The third kappa shape index (κ3) is 4.17. The predicted octanol–water partition coefficient (Wildman–Crippen LogP) is 2.46. The molecule has 9 heteroatoms. The van der Waals surface area contributed by atoms with E-state index in [2.05, 4.69) is 14.6 Å². The molecule has 0 atom stereocenters. The summed E-state index contributed by atoms with van der Waals surface area (Å²) in [5, 5.41) is 11.1. The molecule has 2 heterocycles. The molecule has 1 saturated heterocycles. The lowest BCUT2D eigenvalue weighted by atomic mass is 10.1. The highest BCUT2D eigenvalue weighted by atomic mass is 32.2. The van der Waals surface area contributed by atoms with Crippen LogP contribution in [-0.2, 0) is 16.6 Å². The van der Waals surface area contributed by atoms with Gasteiger partial charge in [-0.2, -0.15) is 0 Å². The van der Waals surface area contributed by atoms with Gasteiger partial charge in [-0.3, -0.25) is 10.1 Å². The molecular weight excluding hydrogens is 356 g/mol. The Morgan fingerprint density at radius 2 is 1.88 bits per heavy atom. The smallest absolute Gasteiger partial charge is 0.289 e. The fourth-order valence-electron chi connectivity index (χ4n) is 2.96. The van der Waals surface area contributed by atoms with Gasteiger partial charge in [-0.05, 0) is 43.0 Å². The zero-order valence-electron chi connectivity index (χ0n) is 14.2. The summed E-state index contributed by atoms with van der Waals surface area (Å²) in [7, 11) is -4.00. The Labute approximate surface area is 152 Å². The molecule has 138 valence electrons. The highest BCUT2D eigenvalue weighted by Crippen LogP contribution is 2.23.